The molecule has 0 bridgehead atoms. The fraction of sp³-hybridized carbons (Fsp3) is 0.160. The molecule has 0 atom stereocenters. The number of rotatable bonds is 7. The number of aromatic nitrogens is 2. The van der Waals surface area contributed by atoms with Gasteiger partial charge in [0, 0.05) is 11.6 Å². The van der Waals surface area contributed by atoms with Crippen LogP contribution in [0, 0.1) is 0 Å². The summed E-state index contributed by atoms with van der Waals surface area (Å²) in [5, 5.41) is 17.7. The summed E-state index contributed by atoms with van der Waals surface area (Å²) < 4.78 is 11.9. The number of phenols is 1. The standard InChI is InChI=1S/C25H24N2O3/c1-17(2)20-10-6-7-11-23(20)30-24-15-26-27-25(24)21-13-12-19(14-22(21)28)29-16-18-8-4-3-5-9-18/h3-15,17,28H,16H2,1-2H3,(H,26,27). The minimum absolute atomic E-state index is 0.0896. The molecule has 4 aromatic rings. The monoisotopic (exact) mass is 400 g/mol. The van der Waals surface area contributed by atoms with Crippen LogP contribution in [-0.4, -0.2) is 15.3 Å². The first kappa shape index (κ1) is 19.6. The molecule has 2 N–H and O–H groups in total. The highest BCUT2D eigenvalue weighted by Gasteiger charge is 2.16. The van der Waals surface area contributed by atoms with Crippen LogP contribution in [0.25, 0.3) is 11.3 Å². The van der Waals surface area contributed by atoms with Gasteiger partial charge in [-0.05, 0) is 35.2 Å². The predicted octanol–water partition coefficient (Wildman–Crippen LogP) is 6.28. The molecule has 5 heteroatoms. The Labute approximate surface area is 175 Å². The number of nitrogens with zero attached hydrogens (tertiary/aromatic N) is 1. The van der Waals surface area contributed by atoms with Crippen molar-refractivity contribution in [3.63, 3.8) is 0 Å². The highest BCUT2D eigenvalue weighted by molar-refractivity contribution is 5.73. The summed E-state index contributed by atoms with van der Waals surface area (Å²) in [5.41, 5.74) is 3.38. The van der Waals surface area contributed by atoms with Crippen LogP contribution in [0.15, 0.2) is 79.0 Å². The summed E-state index contributed by atoms with van der Waals surface area (Å²) in [6.45, 7) is 4.68. The Kier molecular flexibility index (Phi) is 5.70. The van der Waals surface area contributed by atoms with Gasteiger partial charge in [-0.15, -0.1) is 0 Å². The normalized spacial score (nSPS) is 10.9. The maximum atomic E-state index is 10.6. The molecule has 0 spiro atoms. The van der Waals surface area contributed by atoms with Gasteiger partial charge < -0.3 is 14.6 Å². The summed E-state index contributed by atoms with van der Waals surface area (Å²) in [4.78, 5) is 0. The van der Waals surface area contributed by atoms with Gasteiger partial charge in [0.15, 0.2) is 5.75 Å². The molecular formula is C25H24N2O3. The Bertz CT molecular complexity index is 1120. The van der Waals surface area contributed by atoms with Crippen LogP contribution >= 0.6 is 0 Å². The van der Waals surface area contributed by atoms with Crippen molar-refractivity contribution < 1.29 is 14.6 Å². The minimum atomic E-state index is 0.0896. The van der Waals surface area contributed by atoms with E-state index in [-0.39, 0.29) is 5.75 Å². The Morgan fingerprint density at radius 1 is 0.933 bits per heavy atom. The summed E-state index contributed by atoms with van der Waals surface area (Å²) in [7, 11) is 0. The SMILES string of the molecule is CC(C)c1ccccc1Oc1cn[nH]c1-c1ccc(OCc2ccccc2)cc1O. The molecule has 1 aromatic heterocycles. The molecule has 4 rings (SSSR count). The van der Waals surface area contributed by atoms with Crippen molar-refractivity contribution in [1.29, 1.82) is 0 Å². The summed E-state index contributed by atoms with van der Waals surface area (Å²) >= 11 is 0. The highest BCUT2D eigenvalue weighted by Crippen LogP contribution is 2.39. The molecule has 5 nitrogen and oxygen atoms in total. The third kappa shape index (κ3) is 4.30. The van der Waals surface area contributed by atoms with Crippen molar-refractivity contribution in [2.75, 3.05) is 0 Å². The molecule has 0 amide bonds. The molecule has 3 aromatic carbocycles. The van der Waals surface area contributed by atoms with E-state index in [9.17, 15) is 5.11 Å². The summed E-state index contributed by atoms with van der Waals surface area (Å²) in [5.74, 6) is 2.33. The van der Waals surface area contributed by atoms with Gasteiger partial charge in [-0.1, -0.05) is 62.4 Å². The maximum absolute atomic E-state index is 10.6. The van der Waals surface area contributed by atoms with Gasteiger partial charge in [-0.2, -0.15) is 5.10 Å². The quantitative estimate of drug-likeness (QED) is 0.383. The van der Waals surface area contributed by atoms with Crippen molar-refractivity contribution in [2.45, 2.75) is 26.4 Å². The third-order valence-electron chi connectivity index (χ3n) is 4.85. The molecule has 0 unspecified atom stereocenters. The minimum Gasteiger partial charge on any atom is -0.507 e. The lowest BCUT2D eigenvalue weighted by molar-refractivity contribution is 0.304. The smallest absolute Gasteiger partial charge is 0.173 e. The Hall–Kier alpha value is -3.73. The zero-order valence-corrected chi connectivity index (χ0v) is 17.0. The largest absolute Gasteiger partial charge is 0.507 e. The van der Waals surface area contributed by atoms with Gasteiger partial charge in [0.1, 0.15) is 29.5 Å². The lowest BCUT2D eigenvalue weighted by Gasteiger charge is -2.14. The van der Waals surface area contributed by atoms with E-state index >= 15 is 0 Å². The molecule has 0 radical (unpaired) electrons. The average molecular weight is 400 g/mol. The molecule has 0 fully saturated rings. The first-order chi connectivity index (χ1) is 14.6. The maximum Gasteiger partial charge on any atom is 0.173 e. The van der Waals surface area contributed by atoms with E-state index in [1.54, 1.807) is 18.3 Å². The Balaban J connectivity index is 1.55. The lowest BCUT2D eigenvalue weighted by atomic mass is 10.0. The molecule has 0 aliphatic carbocycles. The number of aromatic hydroxyl groups is 1. The van der Waals surface area contributed by atoms with Crippen LogP contribution in [0.2, 0.25) is 0 Å². The first-order valence-electron chi connectivity index (χ1n) is 9.92. The number of nitrogens with one attached hydrogen (secondary N) is 1. The van der Waals surface area contributed by atoms with Crippen LogP contribution in [-0.2, 0) is 6.61 Å². The second-order valence-corrected chi connectivity index (χ2v) is 7.36. The number of benzene rings is 3. The third-order valence-corrected chi connectivity index (χ3v) is 4.85. The molecule has 0 aliphatic heterocycles. The topological polar surface area (TPSA) is 67.4 Å². The van der Waals surface area contributed by atoms with E-state index in [1.165, 1.54) is 0 Å². The van der Waals surface area contributed by atoms with Gasteiger partial charge in [0.2, 0.25) is 0 Å². The van der Waals surface area contributed by atoms with E-state index in [2.05, 4.69) is 30.1 Å². The molecular weight excluding hydrogens is 376 g/mol. The van der Waals surface area contributed by atoms with Crippen molar-refractivity contribution in [1.82, 2.24) is 10.2 Å². The summed E-state index contributed by atoms with van der Waals surface area (Å²) in [6.07, 6.45) is 1.62. The number of hydrogen-bond donors (Lipinski definition) is 2. The average Bonchev–Trinajstić information content (AvgIpc) is 3.21. The molecule has 152 valence electrons. The van der Waals surface area contributed by atoms with Crippen molar-refractivity contribution >= 4 is 0 Å². The van der Waals surface area contributed by atoms with Crippen LogP contribution in [0.4, 0.5) is 0 Å². The molecule has 0 aliphatic rings. The molecule has 1 heterocycles. The van der Waals surface area contributed by atoms with Crippen LogP contribution in [0.5, 0.6) is 23.0 Å². The van der Waals surface area contributed by atoms with Gasteiger partial charge in [-0.3, -0.25) is 5.10 Å². The molecule has 30 heavy (non-hydrogen) atoms. The molecule has 0 saturated heterocycles. The van der Waals surface area contributed by atoms with Crippen LogP contribution in [0.1, 0.15) is 30.9 Å². The van der Waals surface area contributed by atoms with E-state index in [0.29, 0.717) is 35.3 Å². The fourth-order valence-corrected chi connectivity index (χ4v) is 3.27. The number of H-pyrrole nitrogens is 1. The van der Waals surface area contributed by atoms with E-state index < -0.39 is 0 Å². The number of ether oxygens (including phenoxy) is 2. The zero-order valence-electron chi connectivity index (χ0n) is 17.0. The summed E-state index contributed by atoms with van der Waals surface area (Å²) in [6, 6.07) is 23.0. The number of hydrogen-bond acceptors (Lipinski definition) is 4. The van der Waals surface area contributed by atoms with E-state index in [1.807, 2.05) is 54.6 Å². The van der Waals surface area contributed by atoms with Gasteiger partial charge in [0.25, 0.3) is 0 Å². The second kappa shape index (κ2) is 8.74. The number of para-hydroxylation sites is 1. The first-order valence-corrected chi connectivity index (χ1v) is 9.92. The predicted molar refractivity (Wildman–Crippen MR) is 117 cm³/mol. The lowest BCUT2D eigenvalue weighted by Crippen LogP contribution is -1.96. The van der Waals surface area contributed by atoms with Gasteiger partial charge >= 0.3 is 0 Å². The van der Waals surface area contributed by atoms with Crippen LogP contribution in [0.3, 0.4) is 0 Å². The van der Waals surface area contributed by atoms with Crippen LogP contribution < -0.4 is 9.47 Å². The van der Waals surface area contributed by atoms with E-state index in [4.69, 9.17) is 9.47 Å². The number of phenolic OH excluding ortho intramolecular Hbond substituents is 1. The fourth-order valence-electron chi connectivity index (χ4n) is 3.27. The van der Waals surface area contributed by atoms with Gasteiger partial charge in [-0.25, -0.2) is 0 Å². The number of aromatic amines is 1. The highest BCUT2D eigenvalue weighted by atomic mass is 16.5. The van der Waals surface area contributed by atoms with Gasteiger partial charge in [0.05, 0.1) is 6.20 Å². The zero-order chi connectivity index (χ0) is 20.9. The van der Waals surface area contributed by atoms with Crippen molar-refractivity contribution in [3.8, 4) is 34.3 Å². The van der Waals surface area contributed by atoms with Crippen molar-refractivity contribution in [2.24, 2.45) is 0 Å². The Morgan fingerprint density at radius 3 is 2.47 bits per heavy atom. The van der Waals surface area contributed by atoms with Crippen molar-refractivity contribution in [3.05, 3.63) is 90.1 Å². The van der Waals surface area contributed by atoms with E-state index in [0.717, 1.165) is 16.9 Å². The second-order valence-electron chi connectivity index (χ2n) is 7.36. The Morgan fingerprint density at radius 2 is 1.70 bits per heavy atom. The molecule has 0 saturated carbocycles.